The SMILES string of the molecule is Cc1cc(CCC(=O)Cc2ccc(C3(O)COC3)c(F)c2)n(-c2cccc(Cl)c2)n1.Cl.Fc1cc(N(Cc2ccccc2)Cc2ccccc2)ccc1Br.NCc1cc(C(F)(F)F)nn1-c1cccc(Cl)c1.Nc1ccc(Br)c(F)c1.Nc1ccc(C2(O)COC2)c(F)c1.O=C(Nc1ccc(C2(O)COC2)c(F)c1)Oc1ccccc1.OC1(c2ccc(N(Cc3ccccc3)Cc3ccccc3)cc2F)COC1. The highest BCUT2D eigenvalue weighted by molar-refractivity contribution is 9.10. The smallest absolute Gasteiger partial charge is 0.410 e. The Balaban J connectivity index is 0.000000152. The first-order chi connectivity index (χ1) is 68.0. The number of aromatic nitrogens is 4. The maximum Gasteiger partial charge on any atom is 0.435 e. The summed E-state index contributed by atoms with van der Waals surface area (Å²) < 4.78 is 149. The number of ether oxygens (including phenoxy) is 5. The number of hydrogen-bond donors (Lipinski definition) is 8. The Kier molecular flexibility index (Phi) is 38.5. The van der Waals surface area contributed by atoms with Crippen molar-refractivity contribution in [1.29, 1.82) is 0 Å². The van der Waals surface area contributed by atoms with Crippen LogP contribution in [0.25, 0.3) is 11.4 Å². The van der Waals surface area contributed by atoms with Gasteiger partial charge in [-0.05, 0) is 213 Å². The lowest BCUT2D eigenvalue weighted by Crippen LogP contribution is -2.47. The fraction of sp³-hybridized carbons (Fsp3) is 0.204. The number of hydrogen-bond acceptors (Lipinski definition) is 18. The minimum Gasteiger partial charge on any atom is -0.410 e. The van der Waals surface area contributed by atoms with Crippen molar-refractivity contribution in [2.24, 2.45) is 5.73 Å². The van der Waals surface area contributed by atoms with E-state index in [-0.39, 0.29) is 124 Å². The lowest BCUT2D eigenvalue weighted by molar-refractivity contribution is -0.186. The number of aryl methyl sites for hydroxylation is 2. The first-order valence-corrected chi connectivity index (χ1v) is 46.8. The number of nitrogen functional groups attached to an aromatic ring is 2. The Bertz CT molecular complexity index is 6660. The molecule has 0 aliphatic carbocycles. The number of anilines is 5. The number of para-hydroxylation sites is 1. The van der Waals surface area contributed by atoms with Gasteiger partial charge in [0, 0.05) is 112 Å². The van der Waals surface area contributed by atoms with Crippen molar-refractivity contribution in [3.63, 3.8) is 0 Å². The number of aliphatic hydroxyl groups is 4. The summed E-state index contributed by atoms with van der Waals surface area (Å²) in [7, 11) is 0. The van der Waals surface area contributed by atoms with Gasteiger partial charge in [0.1, 0.15) is 68.8 Å². The van der Waals surface area contributed by atoms with Crippen LogP contribution in [0.15, 0.2) is 330 Å². The van der Waals surface area contributed by atoms with E-state index in [2.05, 4.69) is 106 Å². The first-order valence-electron chi connectivity index (χ1n) is 44.5. The fourth-order valence-electron chi connectivity index (χ4n) is 15.1. The summed E-state index contributed by atoms with van der Waals surface area (Å²) in [6, 6.07) is 93.6. The van der Waals surface area contributed by atoms with Crippen LogP contribution < -0.4 is 37.1 Å². The number of ketones is 1. The van der Waals surface area contributed by atoms with E-state index in [0.29, 0.717) is 78.9 Å². The summed E-state index contributed by atoms with van der Waals surface area (Å²) in [6.45, 7) is 5.53. The van der Waals surface area contributed by atoms with Gasteiger partial charge in [0.15, 0.2) is 5.69 Å². The molecular weight excluding hydrogens is 2050 g/mol. The minimum absolute atomic E-state index is 0. The summed E-state index contributed by atoms with van der Waals surface area (Å²) in [6.07, 6.45) is -4.25. The molecule has 4 aliphatic heterocycles. The zero-order valence-electron chi connectivity index (χ0n) is 76.8. The monoisotopic (exact) mass is 2150 g/mol. The Morgan fingerprint density at radius 2 is 0.804 bits per heavy atom. The summed E-state index contributed by atoms with van der Waals surface area (Å²) in [5.74, 6) is -2.18. The molecule has 2 aromatic heterocycles. The van der Waals surface area contributed by atoms with E-state index < -0.39 is 63.6 Å². The Hall–Kier alpha value is -12.7. The largest absolute Gasteiger partial charge is 0.435 e. The van der Waals surface area contributed by atoms with E-state index >= 15 is 0 Å². The second kappa shape index (κ2) is 50.5. The van der Waals surface area contributed by atoms with Gasteiger partial charge in [0.25, 0.3) is 0 Å². The Labute approximate surface area is 852 Å². The maximum atomic E-state index is 14.8. The van der Waals surface area contributed by atoms with Gasteiger partial charge in [-0.3, -0.25) is 10.1 Å². The number of halogens is 14. The van der Waals surface area contributed by atoms with Crippen molar-refractivity contribution in [3.8, 4) is 17.1 Å². The molecule has 0 saturated carbocycles. The van der Waals surface area contributed by atoms with Gasteiger partial charge in [-0.1, -0.05) is 205 Å². The molecule has 143 heavy (non-hydrogen) atoms. The topological polar surface area (TPSA) is 293 Å². The molecule has 11 N–H and O–H groups in total. The van der Waals surface area contributed by atoms with Gasteiger partial charge in [-0.25, -0.2) is 40.5 Å². The number of nitrogens with two attached hydrogens (primary N) is 3. The molecule has 0 radical (unpaired) electrons. The summed E-state index contributed by atoms with van der Waals surface area (Å²) in [5, 5.41) is 51.9. The van der Waals surface area contributed by atoms with Crippen molar-refractivity contribution >= 4 is 108 Å². The molecule has 21 nitrogen and oxygen atoms in total. The van der Waals surface area contributed by atoms with Crippen LogP contribution in [-0.2, 0) is 97.9 Å². The van der Waals surface area contributed by atoms with Crippen molar-refractivity contribution in [1.82, 2.24) is 19.6 Å². The number of nitrogens with one attached hydrogen (secondary N) is 1. The third kappa shape index (κ3) is 30.4. The molecular formula is C108H100Br2Cl3F9N10O11. The summed E-state index contributed by atoms with van der Waals surface area (Å²) in [5.41, 5.74) is 22.4. The number of alkyl halides is 3. The summed E-state index contributed by atoms with van der Waals surface area (Å²) in [4.78, 5) is 28.5. The van der Waals surface area contributed by atoms with E-state index in [1.807, 2.05) is 116 Å². The normalized spacial score (nSPS) is 14.0. The van der Waals surface area contributed by atoms with Crippen LogP contribution in [0.5, 0.6) is 5.75 Å². The van der Waals surface area contributed by atoms with Crippen LogP contribution in [0.2, 0.25) is 10.0 Å². The molecule has 1 amide bonds. The van der Waals surface area contributed by atoms with Crippen LogP contribution in [0.3, 0.4) is 0 Å². The maximum absolute atomic E-state index is 14.8. The molecule has 4 aliphatic rings. The van der Waals surface area contributed by atoms with Crippen LogP contribution >= 0.6 is 67.5 Å². The third-order valence-electron chi connectivity index (χ3n) is 22.7. The molecule has 746 valence electrons. The molecule has 4 fully saturated rings. The number of carbonyl (C=O) groups excluding carboxylic acids is 2. The molecule has 0 atom stereocenters. The van der Waals surface area contributed by atoms with Crippen molar-refractivity contribution in [2.75, 3.05) is 79.4 Å². The van der Waals surface area contributed by atoms with Crippen molar-refractivity contribution in [3.05, 3.63) is 448 Å². The highest BCUT2D eigenvalue weighted by Gasteiger charge is 2.44. The Morgan fingerprint density at radius 1 is 0.434 bits per heavy atom. The third-order valence-corrected chi connectivity index (χ3v) is 24.4. The zero-order chi connectivity index (χ0) is 101. The van der Waals surface area contributed by atoms with E-state index in [4.69, 9.17) is 64.1 Å². The number of amides is 1. The number of rotatable bonds is 24. The molecule has 19 rings (SSSR count). The summed E-state index contributed by atoms with van der Waals surface area (Å²) >= 11 is 18.1. The van der Waals surface area contributed by atoms with Gasteiger partial charge in [-0.15, -0.1) is 12.4 Å². The highest BCUT2D eigenvalue weighted by atomic mass is 79.9. The van der Waals surface area contributed by atoms with E-state index in [1.54, 1.807) is 102 Å². The second-order valence-corrected chi connectivity index (χ2v) is 36.3. The van der Waals surface area contributed by atoms with Gasteiger partial charge < -0.3 is 71.1 Å². The molecule has 35 heteroatoms. The minimum atomic E-state index is -4.49. The lowest BCUT2D eigenvalue weighted by atomic mass is 9.90. The predicted octanol–water partition coefficient (Wildman–Crippen LogP) is 22.9. The van der Waals surface area contributed by atoms with Crippen LogP contribution in [0.4, 0.5) is 72.7 Å². The number of carbonyl (C=O) groups is 2. The standard InChI is InChI=1S/C23H22ClFN2O3.C23H22FNO2.C20H17BrFN.C16H14FNO4.C11H9ClF3N3.C9H10FNO2.C6H5BrFN.ClH/c1-15-9-19(27(26-15)18-4-2-3-17(24)12-18)6-7-20(28)10-16-5-8-21(22(25)11-16)23(29)13-30-14-23;24-22-13-20(11-12-21(22)23(26)16-27-17-23)25(14-18-7-3-1-4-8-18)15-19-9-5-2-6-10-19;21-19-12-11-18(13-20(19)22)23(14-16-7-3-1-4-8-16)15-17-9-5-2-6-10-17;17-14-8-11(6-7-13(14)16(20)9-21-10-16)18-15(19)22-12-4-2-1-3-5-12;12-7-2-1-3-8(4-7)18-9(6-16)5-10(17-18)11(13,14)15;10-8-3-6(11)1-2-7(8)9(12)4-13-5-9;7-5-2-1-4(9)3-6(5)8;/h2-5,8-9,11-12,29H,6-7,10,13-14H2,1H3;1-13,26H,14-17H2;1-13H,14-15H2;1-8,20H,9-10H2,(H,18,19);1-5H,6,16H2;1-3,12H,4-5,11H2;1-3H,9H2;1H. The average molecular weight is 2150 g/mol. The van der Waals surface area contributed by atoms with Crippen molar-refractivity contribution in [2.45, 2.75) is 87.5 Å². The second-order valence-electron chi connectivity index (χ2n) is 33.8. The van der Waals surface area contributed by atoms with E-state index in [9.17, 15) is 69.5 Å². The van der Waals surface area contributed by atoms with Crippen LogP contribution in [0.1, 0.15) is 79.3 Å². The lowest BCUT2D eigenvalue weighted by Gasteiger charge is -2.37. The predicted molar refractivity (Wildman–Crippen MR) is 542 cm³/mol. The molecule has 15 aromatic rings. The Morgan fingerprint density at radius 3 is 1.19 bits per heavy atom. The molecule has 13 aromatic carbocycles. The molecule has 0 unspecified atom stereocenters. The van der Waals surface area contributed by atoms with Gasteiger partial charge in [-0.2, -0.15) is 23.4 Å². The number of Topliss-reactive ketones (excluding diaryl/α,β-unsaturated/α-hetero) is 1. The molecule has 4 saturated heterocycles. The number of benzene rings is 13. The van der Waals surface area contributed by atoms with Gasteiger partial charge in [0.2, 0.25) is 0 Å². The van der Waals surface area contributed by atoms with Crippen LogP contribution in [-0.4, -0.2) is 105 Å². The quantitative estimate of drug-likeness (QED) is 0.0206. The van der Waals surface area contributed by atoms with Crippen molar-refractivity contribution < 1.29 is 93.2 Å². The molecule has 0 spiro atoms. The van der Waals surface area contributed by atoms with Crippen LogP contribution in [0, 0.1) is 41.8 Å². The van der Waals surface area contributed by atoms with E-state index in [0.717, 1.165) is 69.5 Å². The zero-order valence-corrected chi connectivity index (χ0v) is 82.3. The van der Waals surface area contributed by atoms with Gasteiger partial charge in [0.05, 0.1) is 84.6 Å². The molecule has 0 bridgehead atoms. The first kappa shape index (κ1) is 109. The van der Waals surface area contributed by atoms with E-state index in [1.165, 1.54) is 65.7 Å². The number of nitrogens with zero attached hydrogens (tertiary/aromatic N) is 6. The van der Waals surface area contributed by atoms with Gasteiger partial charge >= 0.3 is 12.3 Å². The average Bonchev–Trinajstić information content (AvgIpc) is 1.69. The molecule has 6 heterocycles. The fourth-order valence-corrected chi connectivity index (χ4v) is 16.0. The highest BCUT2D eigenvalue weighted by Crippen LogP contribution is 2.39.